The van der Waals surface area contributed by atoms with Gasteiger partial charge in [-0.15, -0.1) is 11.3 Å². The predicted molar refractivity (Wildman–Crippen MR) is 137 cm³/mol. The van der Waals surface area contributed by atoms with E-state index in [9.17, 15) is 4.79 Å². The van der Waals surface area contributed by atoms with Crippen molar-refractivity contribution in [3.63, 3.8) is 0 Å². The number of rotatable bonds is 6. The molecule has 6 nitrogen and oxygen atoms in total. The molecule has 0 spiro atoms. The second-order valence-corrected chi connectivity index (χ2v) is 10.8. The number of likely N-dealkylation sites (tertiary alicyclic amines) is 1. The maximum atomic E-state index is 13.7. The number of carbonyl (C=O) groups excluding carboxylic acids is 1. The molecule has 1 saturated carbocycles. The molecule has 1 unspecified atom stereocenters. The highest BCUT2D eigenvalue weighted by molar-refractivity contribution is 7.09. The molecule has 1 aromatic heterocycles. The first-order valence-corrected chi connectivity index (χ1v) is 13.4. The Hall–Kier alpha value is -2.54. The molecule has 4 rings (SSSR count). The van der Waals surface area contributed by atoms with Crippen LogP contribution in [0.15, 0.2) is 35.8 Å². The van der Waals surface area contributed by atoms with Crippen molar-refractivity contribution < 1.29 is 9.53 Å². The first-order chi connectivity index (χ1) is 16.4. The number of nitrogens with one attached hydrogen (secondary N) is 2. The van der Waals surface area contributed by atoms with Gasteiger partial charge < -0.3 is 9.64 Å². The molecular weight excluding hydrogens is 444 g/mol. The van der Waals surface area contributed by atoms with Crippen LogP contribution in [0.25, 0.3) is 0 Å². The van der Waals surface area contributed by atoms with Crippen LogP contribution in [0.1, 0.15) is 92.7 Å². The summed E-state index contributed by atoms with van der Waals surface area (Å²) >= 11 is 1.68. The standard InChI is InChI=1S/C27H36N4O2S/c1-18(2)24(28)33-25(29)23(21-10-8-20(9-11-21)19-6-4-3-5-7-19)27(32)31-15-12-22(13-16-31)26-30-14-17-34-26/h8-11,14,17-19,22-23,28-29H,3-7,12-13,15-16H2,1-2H3. The number of carbonyl (C=O) groups is 1. The van der Waals surface area contributed by atoms with E-state index in [-0.39, 0.29) is 23.6 Å². The first-order valence-electron chi connectivity index (χ1n) is 12.6. The van der Waals surface area contributed by atoms with Crippen LogP contribution in [-0.4, -0.2) is 40.7 Å². The number of amides is 1. The second kappa shape index (κ2) is 11.3. The van der Waals surface area contributed by atoms with Crippen molar-refractivity contribution in [2.45, 2.75) is 76.5 Å². The first kappa shape index (κ1) is 24.6. The molecule has 182 valence electrons. The Morgan fingerprint density at radius 2 is 1.68 bits per heavy atom. The third-order valence-electron chi connectivity index (χ3n) is 7.21. The van der Waals surface area contributed by atoms with E-state index in [1.165, 1.54) is 37.7 Å². The zero-order chi connectivity index (χ0) is 24.1. The maximum absolute atomic E-state index is 13.7. The molecule has 2 aromatic rings. The zero-order valence-corrected chi connectivity index (χ0v) is 21.1. The van der Waals surface area contributed by atoms with Crippen LogP contribution in [0.3, 0.4) is 0 Å². The summed E-state index contributed by atoms with van der Waals surface area (Å²) < 4.78 is 5.58. The largest absolute Gasteiger partial charge is 0.428 e. The molecule has 1 atom stereocenters. The highest BCUT2D eigenvalue weighted by Crippen LogP contribution is 2.34. The molecule has 1 aliphatic heterocycles. The van der Waals surface area contributed by atoms with E-state index in [1.54, 1.807) is 11.3 Å². The predicted octanol–water partition coefficient (Wildman–Crippen LogP) is 6.31. The summed E-state index contributed by atoms with van der Waals surface area (Å²) in [6.45, 7) is 5.01. The Kier molecular flexibility index (Phi) is 8.14. The van der Waals surface area contributed by atoms with Crippen LogP contribution in [0.5, 0.6) is 0 Å². The maximum Gasteiger partial charge on any atom is 0.239 e. The number of piperidine rings is 1. The third-order valence-corrected chi connectivity index (χ3v) is 8.15. The number of thiazole rings is 1. The van der Waals surface area contributed by atoms with Crippen molar-refractivity contribution in [1.29, 1.82) is 10.8 Å². The molecule has 2 N–H and O–H groups in total. The minimum atomic E-state index is -0.823. The van der Waals surface area contributed by atoms with Crippen molar-refractivity contribution in [1.82, 2.24) is 9.88 Å². The van der Waals surface area contributed by atoms with Gasteiger partial charge in [0.2, 0.25) is 11.8 Å². The zero-order valence-electron chi connectivity index (χ0n) is 20.3. The summed E-state index contributed by atoms with van der Waals surface area (Å²) in [5, 5.41) is 19.9. The third kappa shape index (κ3) is 5.74. The summed E-state index contributed by atoms with van der Waals surface area (Å²) in [7, 11) is 0. The molecule has 2 heterocycles. The number of aromatic nitrogens is 1. The topological polar surface area (TPSA) is 90.1 Å². The van der Waals surface area contributed by atoms with Crippen LogP contribution in [0.2, 0.25) is 0 Å². The lowest BCUT2D eigenvalue weighted by Gasteiger charge is -2.34. The van der Waals surface area contributed by atoms with Crippen molar-refractivity contribution in [3.8, 4) is 0 Å². The number of hydrogen-bond donors (Lipinski definition) is 2. The van der Waals surface area contributed by atoms with Crippen LogP contribution >= 0.6 is 11.3 Å². The normalized spacial score (nSPS) is 18.6. The monoisotopic (exact) mass is 480 g/mol. The van der Waals surface area contributed by atoms with Gasteiger partial charge in [0.25, 0.3) is 0 Å². The number of hydrogen-bond acceptors (Lipinski definition) is 6. The summed E-state index contributed by atoms with van der Waals surface area (Å²) in [6.07, 6.45) is 9.92. The van der Waals surface area contributed by atoms with Gasteiger partial charge in [0.1, 0.15) is 5.92 Å². The van der Waals surface area contributed by atoms with Crippen LogP contribution < -0.4 is 0 Å². The van der Waals surface area contributed by atoms with E-state index in [4.69, 9.17) is 15.6 Å². The molecule has 2 fully saturated rings. The van der Waals surface area contributed by atoms with Crippen LogP contribution in [0, 0.1) is 16.7 Å². The highest BCUT2D eigenvalue weighted by Gasteiger charge is 2.35. The molecular formula is C27H36N4O2S. The van der Waals surface area contributed by atoms with Crippen molar-refractivity contribution in [3.05, 3.63) is 52.0 Å². The molecule has 1 aromatic carbocycles. The van der Waals surface area contributed by atoms with Gasteiger partial charge in [-0.2, -0.15) is 0 Å². The van der Waals surface area contributed by atoms with Crippen molar-refractivity contribution in [2.75, 3.05) is 13.1 Å². The van der Waals surface area contributed by atoms with Gasteiger partial charge in [0.05, 0.1) is 5.01 Å². The summed E-state index contributed by atoms with van der Waals surface area (Å²) in [5.74, 6) is -0.228. The Morgan fingerprint density at radius 1 is 1.00 bits per heavy atom. The molecule has 34 heavy (non-hydrogen) atoms. The van der Waals surface area contributed by atoms with Gasteiger partial charge >= 0.3 is 0 Å². The highest BCUT2D eigenvalue weighted by atomic mass is 32.1. The lowest BCUT2D eigenvalue weighted by Crippen LogP contribution is -2.43. The van der Waals surface area contributed by atoms with E-state index < -0.39 is 5.92 Å². The number of nitrogens with zero attached hydrogens (tertiary/aromatic N) is 2. The average Bonchev–Trinajstić information content (AvgIpc) is 3.40. The SMILES string of the molecule is CC(C)C(=N)OC(=N)C(C(=O)N1CCC(c2nccs2)CC1)c1ccc(C2CCCCC2)cc1. The molecule has 1 aliphatic carbocycles. The fourth-order valence-corrected chi connectivity index (χ4v) is 5.87. The summed E-state index contributed by atoms with van der Waals surface area (Å²) in [6, 6.07) is 8.24. The Bertz CT molecular complexity index is 973. The molecule has 0 radical (unpaired) electrons. The van der Waals surface area contributed by atoms with Gasteiger partial charge in [-0.25, -0.2) is 4.98 Å². The van der Waals surface area contributed by atoms with E-state index in [1.807, 2.05) is 42.5 Å². The van der Waals surface area contributed by atoms with Crippen LogP contribution in [0.4, 0.5) is 0 Å². The fraction of sp³-hybridized carbons (Fsp3) is 0.556. The van der Waals surface area contributed by atoms with Gasteiger partial charge in [-0.05, 0) is 42.7 Å². The quantitative estimate of drug-likeness (QED) is 0.375. The molecule has 2 aliphatic rings. The lowest BCUT2D eigenvalue weighted by molar-refractivity contribution is -0.132. The molecule has 1 saturated heterocycles. The Labute approximate surface area is 206 Å². The Balaban J connectivity index is 1.51. The average molecular weight is 481 g/mol. The van der Waals surface area contributed by atoms with E-state index >= 15 is 0 Å². The molecule has 0 bridgehead atoms. The van der Waals surface area contributed by atoms with Crippen molar-refractivity contribution >= 4 is 29.0 Å². The minimum absolute atomic E-state index is 0.0177. The van der Waals surface area contributed by atoms with E-state index in [0.29, 0.717) is 24.9 Å². The van der Waals surface area contributed by atoms with Gasteiger partial charge in [0.15, 0.2) is 5.90 Å². The van der Waals surface area contributed by atoms with E-state index in [2.05, 4.69) is 17.1 Å². The van der Waals surface area contributed by atoms with Crippen molar-refractivity contribution in [2.24, 2.45) is 5.92 Å². The van der Waals surface area contributed by atoms with E-state index in [0.717, 1.165) is 23.4 Å². The summed E-state index contributed by atoms with van der Waals surface area (Å²) in [4.78, 5) is 20.0. The van der Waals surface area contributed by atoms with Gasteiger partial charge in [0, 0.05) is 36.5 Å². The minimum Gasteiger partial charge on any atom is -0.428 e. The fourth-order valence-electron chi connectivity index (χ4n) is 5.06. The van der Waals surface area contributed by atoms with Gasteiger partial charge in [-0.1, -0.05) is 57.4 Å². The number of ether oxygens (including phenoxy) is 1. The smallest absolute Gasteiger partial charge is 0.239 e. The Morgan fingerprint density at radius 3 is 2.26 bits per heavy atom. The number of benzene rings is 1. The van der Waals surface area contributed by atoms with Gasteiger partial charge in [-0.3, -0.25) is 15.6 Å². The molecule has 1 amide bonds. The summed E-state index contributed by atoms with van der Waals surface area (Å²) in [5.41, 5.74) is 2.09. The van der Waals surface area contributed by atoms with Crippen LogP contribution in [-0.2, 0) is 9.53 Å². The molecule has 7 heteroatoms. The second-order valence-electron chi connectivity index (χ2n) is 9.89. The lowest BCUT2D eigenvalue weighted by atomic mass is 9.83.